The standard InChI is InChI=1S/C13H24N2O3/c1-4-9(3)11(12(16)17)15-13(18)14-10-6-5-8(2)7-10/h8-11H,4-7H2,1-3H3,(H,16,17)(H2,14,15,18)/t8?,9-,10?,11-/m0/s1. The van der Waals surface area contributed by atoms with Gasteiger partial charge in [-0.15, -0.1) is 0 Å². The molecule has 1 saturated carbocycles. The number of aliphatic carboxylic acids is 1. The van der Waals surface area contributed by atoms with Crippen LogP contribution in [-0.4, -0.2) is 29.2 Å². The van der Waals surface area contributed by atoms with Crippen LogP contribution in [0.4, 0.5) is 4.79 Å². The number of rotatable bonds is 5. The summed E-state index contributed by atoms with van der Waals surface area (Å²) < 4.78 is 0. The lowest BCUT2D eigenvalue weighted by Crippen LogP contribution is -2.51. The first-order chi connectivity index (χ1) is 8.43. The average Bonchev–Trinajstić information content (AvgIpc) is 2.70. The maximum Gasteiger partial charge on any atom is 0.326 e. The molecule has 1 rings (SSSR count). The van der Waals surface area contributed by atoms with Gasteiger partial charge in [-0.25, -0.2) is 9.59 Å². The number of hydrogen-bond acceptors (Lipinski definition) is 2. The van der Waals surface area contributed by atoms with E-state index in [9.17, 15) is 9.59 Å². The van der Waals surface area contributed by atoms with Crippen molar-refractivity contribution in [1.82, 2.24) is 10.6 Å². The van der Waals surface area contributed by atoms with Gasteiger partial charge < -0.3 is 15.7 Å². The fourth-order valence-electron chi connectivity index (χ4n) is 2.39. The Hall–Kier alpha value is -1.26. The summed E-state index contributed by atoms with van der Waals surface area (Å²) in [6.07, 6.45) is 3.81. The van der Waals surface area contributed by atoms with E-state index in [1.54, 1.807) is 0 Å². The van der Waals surface area contributed by atoms with Crippen molar-refractivity contribution in [3.05, 3.63) is 0 Å². The second-order valence-corrected chi connectivity index (χ2v) is 5.43. The zero-order valence-electron chi connectivity index (χ0n) is 11.4. The summed E-state index contributed by atoms with van der Waals surface area (Å²) in [4.78, 5) is 22.8. The number of carbonyl (C=O) groups excluding carboxylic acids is 1. The summed E-state index contributed by atoms with van der Waals surface area (Å²) in [5, 5.41) is 14.5. The van der Waals surface area contributed by atoms with Crippen LogP contribution in [0.15, 0.2) is 0 Å². The zero-order chi connectivity index (χ0) is 13.7. The second kappa shape index (κ2) is 6.61. The van der Waals surface area contributed by atoms with Crippen molar-refractivity contribution >= 4 is 12.0 Å². The lowest BCUT2D eigenvalue weighted by atomic mass is 9.99. The van der Waals surface area contributed by atoms with Crippen LogP contribution in [-0.2, 0) is 4.79 Å². The molecule has 0 aromatic heterocycles. The third-order valence-electron chi connectivity index (χ3n) is 3.80. The minimum absolute atomic E-state index is 0.0734. The van der Waals surface area contributed by atoms with Crippen LogP contribution < -0.4 is 10.6 Å². The minimum atomic E-state index is -0.973. The molecule has 2 unspecified atom stereocenters. The Labute approximate surface area is 108 Å². The van der Waals surface area contributed by atoms with Gasteiger partial charge in [0, 0.05) is 6.04 Å². The van der Waals surface area contributed by atoms with E-state index in [0.29, 0.717) is 5.92 Å². The number of nitrogens with one attached hydrogen (secondary N) is 2. The van der Waals surface area contributed by atoms with Crippen LogP contribution in [0.1, 0.15) is 46.5 Å². The number of urea groups is 1. The number of carboxylic acids is 1. The summed E-state index contributed by atoms with van der Waals surface area (Å²) in [6, 6.07) is -0.984. The van der Waals surface area contributed by atoms with Crippen molar-refractivity contribution in [2.45, 2.75) is 58.5 Å². The first kappa shape index (κ1) is 14.8. The molecule has 0 bridgehead atoms. The number of hydrogen-bond donors (Lipinski definition) is 3. The molecule has 104 valence electrons. The van der Waals surface area contributed by atoms with E-state index in [2.05, 4.69) is 17.6 Å². The summed E-state index contributed by atoms with van der Waals surface area (Å²) in [5.74, 6) is -0.407. The molecule has 1 fully saturated rings. The molecule has 0 radical (unpaired) electrons. The van der Waals surface area contributed by atoms with Gasteiger partial charge >= 0.3 is 12.0 Å². The Morgan fingerprint density at radius 2 is 2.06 bits per heavy atom. The minimum Gasteiger partial charge on any atom is -0.480 e. The quantitative estimate of drug-likeness (QED) is 0.703. The number of amides is 2. The van der Waals surface area contributed by atoms with E-state index in [1.807, 2.05) is 13.8 Å². The van der Waals surface area contributed by atoms with Gasteiger partial charge in [0.1, 0.15) is 6.04 Å². The molecule has 2 amide bonds. The lowest BCUT2D eigenvalue weighted by molar-refractivity contribution is -0.140. The molecule has 5 heteroatoms. The van der Waals surface area contributed by atoms with Crippen LogP contribution in [0.2, 0.25) is 0 Å². The zero-order valence-corrected chi connectivity index (χ0v) is 11.4. The van der Waals surface area contributed by atoms with Crippen molar-refractivity contribution in [2.24, 2.45) is 11.8 Å². The van der Waals surface area contributed by atoms with E-state index in [4.69, 9.17) is 5.11 Å². The van der Waals surface area contributed by atoms with E-state index in [0.717, 1.165) is 25.7 Å². The summed E-state index contributed by atoms with van der Waals surface area (Å²) >= 11 is 0. The Balaban J connectivity index is 2.44. The smallest absolute Gasteiger partial charge is 0.326 e. The van der Waals surface area contributed by atoms with E-state index >= 15 is 0 Å². The van der Waals surface area contributed by atoms with Gasteiger partial charge in [-0.05, 0) is 31.1 Å². The summed E-state index contributed by atoms with van der Waals surface area (Å²) in [5.41, 5.74) is 0. The predicted octanol–water partition coefficient (Wildman–Crippen LogP) is 1.97. The van der Waals surface area contributed by atoms with Crippen molar-refractivity contribution in [3.63, 3.8) is 0 Å². The first-order valence-corrected chi connectivity index (χ1v) is 6.73. The Bertz CT molecular complexity index is 307. The van der Waals surface area contributed by atoms with Crippen LogP contribution >= 0.6 is 0 Å². The molecule has 0 spiro atoms. The summed E-state index contributed by atoms with van der Waals surface area (Å²) in [6.45, 7) is 5.91. The average molecular weight is 256 g/mol. The molecule has 0 aromatic carbocycles. The number of carboxylic acid groups (broad SMARTS) is 1. The Morgan fingerprint density at radius 1 is 1.39 bits per heavy atom. The van der Waals surface area contributed by atoms with Crippen LogP contribution in [0, 0.1) is 11.8 Å². The van der Waals surface area contributed by atoms with E-state index in [-0.39, 0.29) is 18.0 Å². The van der Waals surface area contributed by atoms with Crippen molar-refractivity contribution < 1.29 is 14.7 Å². The molecule has 3 N–H and O–H groups in total. The highest BCUT2D eigenvalue weighted by Gasteiger charge is 2.27. The van der Waals surface area contributed by atoms with Gasteiger partial charge in [0.05, 0.1) is 0 Å². The SMILES string of the molecule is CC[C@H](C)[C@H](NC(=O)NC1CCC(C)C1)C(=O)O. The maximum absolute atomic E-state index is 11.8. The molecular weight excluding hydrogens is 232 g/mol. The molecular formula is C13H24N2O3. The molecule has 0 saturated heterocycles. The van der Waals surface area contributed by atoms with Crippen LogP contribution in [0.3, 0.4) is 0 Å². The fourth-order valence-corrected chi connectivity index (χ4v) is 2.39. The van der Waals surface area contributed by atoms with Gasteiger partial charge in [0.25, 0.3) is 0 Å². The topological polar surface area (TPSA) is 78.4 Å². The molecule has 0 aromatic rings. The molecule has 1 aliphatic rings. The first-order valence-electron chi connectivity index (χ1n) is 6.73. The van der Waals surface area contributed by atoms with Crippen molar-refractivity contribution in [1.29, 1.82) is 0 Å². The predicted molar refractivity (Wildman–Crippen MR) is 69.3 cm³/mol. The number of carbonyl (C=O) groups is 2. The lowest BCUT2D eigenvalue weighted by Gasteiger charge is -2.22. The van der Waals surface area contributed by atoms with Crippen LogP contribution in [0.25, 0.3) is 0 Å². The normalized spacial score (nSPS) is 26.4. The highest BCUT2D eigenvalue weighted by molar-refractivity contribution is 5.82. The van der Waals surface area contributed by atoms with Gasteiger partial charge in [0.2, 0.25) is 0 Å². The third kappa shape index (κ3) is 4.20. The molecule has 5 nitrogen and oxygen atoms in total. The van der Waals surface area contributed by atoms with E-state index in [1.165, 1.54) is 0 Å². The van der Waals surface area contributed by atoms with Gasteiger partial charge in [0.15, 0.2) is 0 Å². The van der Waals surface area contributed by atoms with Crippen molar-refractivity contribution in [2.75, 3.05) is 0 Å². The van der Waals surface area contributed by atoms with Crippen LogP contribution in [0.5, 0.6) is 0 Å². The van der Waals surface area contributed by atoms with Crippen molar-refractivity contribution in [3.8, 4) is 0 Å². The molecule has 1 aliphatic carbocycles. The Kier molecular flexibility index (Phi) is 5.44. The van der Waals surface area contributed by atoms with Gasteiger partial charge in [-0.1, -0.05) is 27.2 Å². The second-order valence-electron chi connectivity index (χ2n) is 5.43. The molecule has 0 aliphatic heterocycles. The van der Waals surface area contributed by atoms with E-state index < -0.39 is 12.0 Å². The highest BCUT2D eigenvalue weighted by atomic mass is 16.4. The maximum atomic E-state index is 11.8. The monoisotopic (exact) mass is 256 g/mol. The summed E-state index contributed by atoms with van der Waals surface area (Å²) in [7, 11) is 0. The highest BCUT2D eigenvalue weighted by Crippen LogP contribution is 2.24. The van der Waals surface area contributed by atoms with Gasteiger partial charge in [-0.3, -0.25) is 0 Å². The largest absolute Gasteiger partial charge is 0.480 e. The van der Waals surface area contributed by atoms with Gasteiger partial charge in [-0.2, -0.15) is 0 Å². The Morgan fingerprint density at radius 3 is 2.50 bits per heavy atom. The fraction of sp³-hybridized carbons (Fsp3) is 0.846. The third-order valence-corrected chi connectivity index (χ3v) is 3.80. The molecule has 4 atom stereocenters. The molecule has 0 heterocycles. The molecule has 18 heavy (non-hydrogen) atoms.